The highest BCUT2D eigenvalue weighted by atomic mass is 79.9. The lowest BCUT2D eigenvalue weighted by Gasteiger charge is -2.22. The van der Waals surface area contributed by atoms with Gasteiger partial charge in [-0.2, -0.15) is 0 Å². The van der Waals surface area contributed by atoms with Crippen molar-refractivity contribution in [1.82, 2.24) is 5.32 Å². The zero-order valence-corrected chi connectivity index (χ0v) is 11.5. The molecular formula is C14H18BrNO. The standard InChI is InChI=1S/C14H18BrNO/c15-13-10-5-2-1-4-9(10)8-11(14(13)17)12-6-3-7-16-12/h8,12,16-17H,1-7H2. The van der Waals surface area contributed by atoms with Crippen LogP contribution in [-0.4, -0.2) is 11.7 Å². The Morgan fingerprint density at radius 1 is 1.24 bits per heavy atom. The molecule has 0 radical (unpaired) electrons. The van der Waals surface area contributed by atoms with Gasteiger partial charge < -0.3 is 10.4 Å². The van der Waals surface area contributed by atoms with Gasteiger partial charge in [-0.15, -0.1) is 0 Å². The molecular weight excluding hydrogens is 278 g/mol. The van der Waals surface area contributed by atoms with Gasteiger partial charge in [0, 0.05) is 11.6 Å². The Bertz CT molecular complexity index is 438. The van der Waals surface area contributed by atoms with Crippen LogP contribution in [0.3, 0.4) is 0 Å². The van der Waals surface area contributed by atoms with Gasteiger partial charge in [0.25, 0.3) is 0 Å². The topological polar surface area (TPSA) is 32.3 Å². The SMILES string of the molecule is Oc1c(C2CCCN2)cc2c(c1Br)CCCC2. The minimum Gasteiger partial charge on any atom is -0.506 e. The number of fused-ring (bicyclic) bond motifs is 1. The summed E-state index contributed by atoms with van der Waals surface area (Å²) in [5.41, 5.74) is 3.86. The van der Waals surface area contributed by atoms with Crippen molar-refractivity contribution in [3.05, 3.63) is 27.2 Å². The second-order valence-electron chi connectivity index (χ2n) is 5.12. The summed E-state index contributed by atoms with van der Waals surface area (Å²) in [5.74, 6) is 0.463. The zero-order chi connectivity index (χ0) is 11.8. The molecule has 1 atom stereocenters. The number of phenolic OH excluding ortho intramolecular Hbond substituents is 1. The molecule has 2 N–H and O–H groups in total. The van der Waals surface area contributed by atoms with Gasteiger partial charge in [-0.25, -0.2) is 0 Å². The van der Waals surface area contributed by atoms with E-state index in [-0.39, 0.29) is 0 Å². The number of phenols is 1. The van der Waals surface area contributed by atoms with Crippen LogP contribution in [0.15, 0.2) is 10.5 Å². The van der Waals surface area contributed by atoms with Gasteiger partial charge >= 0.3 is 0 Å². The van der Waals surface area contributed by atoms with Crippen molar-refractivity contribution in [3.8, 4) is 5.75 Å². The Balaban J connectivity index is 2.06. The third-order valence-electron chi connectivity index (χ3n) is 4.02. The fourth-order valence-corrected chi connectivity index (χ4v) is 3.76. The second-order valence-corrected chi connectivity index (χ2v) is 5.92. The number of hydrogen-bond acceptors (Lipinski definition) is 2. The first-order chi connectivity index (χ1) is 8.27. The molecule has 2 aliphatic rings. The smallest absolute Gasteiger partial charge is 0.134 e. The molecule has 0 amide bonds. The highest BCUT2D eigenvalue weighted by Gasteiger charge is 2.24. The summed E-state index contributed by atoms with van der Waals surface area (Å²) in [5, 5.41) is 13.8. The molecule has 3 rings (SSSR count). The molecule has 0 bridgehead atoms. The van der Waals surface area contributed by atoms with Crippen LogP contribution < -0.4 is 5.32 Å². The molecule has 1 saturated heterocycles. The predicted octanol–water partition coefficient (Wildman–Crippen LogP) is 3.46. The van der Waals surface area contributed by atoms with Crippen molar-refractivity contribution in [3.63, 3.8) is 0 Å². The van der Waals surface area contributed by atoms with Crippen LogP contribution in [-0.2, 0) is 12.8 Å². The summed E-state index contributed by atoms with van der Waals surface area (Å²) in [6.07, 6.45) is 7.13. The summed E-state index contributed by atoms with van der Waals surface area (Å²) in [6, 6.07) is 2.58. The molecule has 92 valence electrons. The summed E-state index contributed by atoms with van der Waals surface area (Å²) in [4.78, 5) is 0. The van der Waals surface area contributed by atoms with Crippen molar-refractivity contribution in [2.45, 2.75) is 44.6 Å². The molecule has 2 nitrogen and oxygen atoms in total. The fraction of sp³-hybridized carbons (Fsp3) is 0.571. The van der Waals surface area contributed by atoms with Crippen LogP contribution in [0.5, 0.6) is 5.75 Å². The predicted molar refractivity (Wildman–Crippen MR) is 72.4 cm³/mol. The van der Waals surface area contributed by atoms with Crippen molar-refractivity contribution < 1.29 is 5.11 Å². The van der Waals surface area contributed by atoms with Gasteiger partial charge in [-0.1, -0.05) is 6.07 Å². The molecule has 3 heteroatoms. The van der Waals surface area contributed by atoms with Gasteiger partial charge in [0.1, 0.15) is 5.75 Å². The summed E-state index contributed by atoms with van der Waals surface area (Å²) >= 11 is 3.59. The number of hydrogen-bond donors (Lipinski definition) is 2. The third-order valence-corrected chi connectivity index (χ3v) is 4.88. The number of rotatable bonds is 1. The van der Waals surface area contributed by atoms with Crippen molar-refractivity contribution in [2.24, 2.45) is 0 Å². The van der Waals surface area contributed by atoms with E-state index in [4.69, 9.17) is 0 Å². The van der Waals surface area contributed by atoms with Crippen molar-refractivity contribution >= 4 is 15.9 Å². The molecule has 1 aliphatic heterocycles. The van der Waals surface area contributed by atoms with Crippen LogP contribution in [0.2, 0.25) is 0 Å². The molecule has 1 fully saturated rings. The van der Waals surface area contributed by atoms with E-state index in [1.807, 2.05) is 0 Å². The minimum atomic E-state index is 0.346. The monoisotopic (exact) mass is 295 g/mol. The second kappa shape index (κ2) is 4.62. The maximum absolute atomic E-state index is 10.3. The van der Waals surface area contributed by atoms with Crippen LogP contribution in [0, 0.1) is 0 Å². The Kier molecular flexibility index (Phi) is 3.14. The molecule has 1 heterocycles. The van der Waals surface area contributed by atoms with Crippen LogP contribution in [0.4, 0.5) is 0 Å². The van der Waals surface area contributed by atoms with E-state index in [0.717, 1.165) is 35.8 Å². The average Bonchev–Trinajstić information content (AvgIpc) is 2.87. The highest BCUT2D eigenvalue weighted by molar-refractivity contribution is 9.10. The van der Waals surface area contributed by atoms with E-state index in [9.17, 15) is 5.11 Å². The van der Waals surface area contributed by atoms with Crippen LogP contribution in [0.25, 0.3) is 0 Å². The quantitative estimate of drug-likeness (QED) is 0.832. The fourth-order valence-electron chi connectivity index (χ4n) is 3.08. The van der Waals surface area contributed by atoms with Gasteiger partial charge in [0.05, 0.1) is 4.47 Å². The number of benzene rings is 1. The molecule has 1 aliphatic carbocycles. The lowest BCUT2D eigenvalue weighted by molar-refractivity contribution is 0.451. The maximum atomic E-state index is 10.3. The Morgan fingerprint density at radius 2 is 2.06 bits per heavy atom. The largest absolute Gasteiger partial charge is 0.506 e. The molecule has 17 heavy (non-hydrogen) atoms. The lowest BCUT2D eigenvalue weighted by Crippen LogP contribution is -2.15. The Labute approximate surface area is 111 Å². The van der Waals surface area contributed by atoms with Gasteiger partial charge in [-0.05, 0) is 72.1 Å². The number of halogens is 1. The lowest BCUT2D eigenvalue weighted by atomic mass is 9.88. The van der Waals surface area contributed by atoms with E-state index in [1.165, 1.54) is 30.4 Å². The van der Waals surface area contributed by atoms with Crippen LogP contribution >= 0.6 is 15.9 Å². The first-order valence-electron chi connectivity index (χ1n) is 6.54. The van der Waals surface area contributed by atoms with E-state index >= 15 is 0 Å². The molecule has 1 aromatic carbocycles. The van der Waals surface area contributed by atoms with Crippen molar-refractivity contribution in [2.75, 3.05) is 6.54 Å². The van der Waals surface area contributed by atoms with Gasteiger partial charge in [-0.3, -0.25) is 0 Å². The molecule has 0 aromatic heterocycles. The Morgan fingerprint density at radius 3 is 2.82 bits per heavy atom. The zero-order valence-electron chi connectivity index (χ0n) is 9.93. The van der Waals surface area contributed by atoms with E-state index in [2.05, 4.69) is 27.3 Å². The van der Waals surface area contributed by atoms with Gasteiger partial charge in [0.2, 0.25) is 0 Å². The highest BCUT2D eigenvalue weighted by Crippen LogP contribution is 2.41. The van der Waals surface area contributed by atoms with Crippen LogP contribution in [0.1, 0.15) is 48.4 Å². The summed E-state index contributed by atoms with van der Waals surface area (Å²) in [7, 11) is 0. The normalized spacial score (nSPS) is 23.7. The van der Waals surface area contributed by atoms with E-state index in [1.54, 1.807) is 0 Å². The van der Waals surface area contributed by atoms with Crippen molar-refractivity contribution in [1.29, 1.82) is 0 Å². The number of aryl methyl sites for hydroxylation is 1. The number of nitrogens with one attached hydrogen (secondary N) is 1. The molecule has 0 saturated carbocycles. The molecule has 1 unspecified atom stereocenters. The Hall–Kier alpha value is -0.540. The third kappa shape index (κ3) is 2.00. The van der Waals surface area contributed by atoms with E-state index in [0.29, 0.717) is 11.8 Å². The maximum Gasteiger partial charge on any atom is 0.134 e. The minimum absolute atomic E-state index is 0.346. The molecule has 0 spiro atoms. The first-order valence-corrected chi connectivity index (χ1v) is 7.33. The summed E-state index contributed by atoms with van der Waals surface area (Å²) in [6.45, 7) is 1.07. The number of aromatic hydroxyl groups is 1. The molecule has 1 aromatic rings. The van der Waals surface area contributed by atoms with Gasteiger partial charge in [0.15, 0.2) is 0 Å². The first kappa shape index (κ1) is 11.5. The average molecular weight is 296 g/mol. The summed E-state index contributed by atoms with van der Waals surface area (Å²) < 4.78 is 0.943. The van der Waals surface area contributed by atoms with E-state index < -0.39 is 0 Å².